The number of hydrogen-bond donors (Lipinski definition) is 2. The molecule has 0 aliphatic heterocycles. The molecule has 0 bridgehead atoms. The number of rotatable bonds is 6. The van der Waals surface area contributed by atoms with Crippen molar-refractivity contribution < 1.29 is 9.53 Å². The van der Waals surface area contributed by atoms with Gasteiger partial charge in [0.25, 0.3) is 5.91 Å². The first-order valence-corrected chi connectivity index (χ1v) is 7.06. The van der Waals surface area contributed by atoms with Crippen LogP contribution in [0.1, 0.15) is 26.3 Å². The Hall–Kier alpha value is -1.70. The molecule has 0 aliphatic rings. The molecule has 0 spiro atoms. The van der Waals surface area contributed by atoms with Gasteiger partial charge in [-0.2, -0.15) is 0 Å². The molecule has 0 saturated heterocycles. The van der Waals surface area contributed by atoms with Gasteiger partial charge in [0.05, 0.1) is 6.54 Å². The number of carbonyl (C=O) groups is 1. The Morgan fingerprint density at radius 2 is 2.14 bits per heavy atom. The normalized spacial score (nSPS) is 10.8. The predicted molar refractivity (Wildman–Crippen MR) is 85.4 cm³/mol. The second kappa shape index (κ2) is 7.92. The van der Waals surface area contributed by atoms with Crippen LogP contribution in [0.25, 0.3) is 0 Å². The molecule has 21 heavy (non-hydrogen) atoms. The number of carbonyl (C=O) groups excluding carboxylic acids is 1. The van der Waals surface area contributed by atoms with Gasteiger partial charge in [0.2, 0.25) is 0 Å². The summed E-state index contributed by atoms with van der Waals surface area (Å²) in [7, 11) is 0. The molecular weight excluding hydrogens is 288 g/mol. The second-order valence-electron chi connectivity index (χ2n) is 5.63. The lowest BCUT2D eigenvalue weighted by molar-refractivity contribution is -0.122. The maximum atomic E-state index is 11.5. The highest BCUT2D eigenvalue weighted by atomic mass is 35.5. The lowest BCUT2D eigenvalue weighted by atomic mass is 10.1. The first kappa shape index (κ1) is 17.4. The highest BCUT2D eigenvalue weighted by Gasteiger charge is 2.12. The number of nitrogens with one attached hydrogen (secondary N) is 2. The molecule has 114 valence electrons. The van der Waals surface area contributed by atoms with E-state index in [0.29, 0.717) is 17.3 Å². The van der Waals surface area contributed by atoms with Gasteiger partial charge in [-0.15, -0.1) is 6.42 Å². The van der Waals surface area contributed by atoms with Crippen LogP contribution in [0.15, 0.2) is 18.2 Å². The highest BCUT2D eigenvalue weighted by Crippen LogP contribution is 2.23. The van der Waals surface area contributed by atoms with Crippen molar-refractivity contribution in [2.24, 2.45) is 0 Å². The van der Waals surface area contributed by atoms with Gasteiger partial charge < -0.3 is 15.4 Å². The van der Waals surface area contributed by atoms with Gasteiger partial charge in [-0.05, 0) is 39.0 Å². The molecule has 1 aromatic rings. The van der Waals surface area contributed by atoms with E-state index in [-0.39, 0.29) is 24.6 Å². The van der Waals surface area contributed by atoms with E-state index in [1.165, 1.54) is 0 Å². The highest BCUT2D eigenvalue weighted by molar-refractivity contribution is 6.30. The second-order valence-corrected chi connectivity index (χ2v) is 6.06. The van der Waals surface area contributed by atoms with E-state index in [9.17, 15) is 4.79 Å². The summed E-state index contributed by atoms with van der Waals surface area (Å²) in [6, 6.07) is 5.32. The zero-order valence-corrected chi connectivity index (χ0v) is 13.4. The predicted octanol–water partition coefficient (Wildman–Crippen LogP) is 2.36. The smallest absolute Gasteiger partial charge is 0.258 e. The van der Waals surface area contributed by atoms with E-state index in [1.807, 2.05) is 6.07 Å². The molecule has 5 heteroatoms. The Morgan fingerprint density at radius 3 is 2.76 bits per heavy atom. The van der Waals surface area contributed by atoms with Crippen LogP contribution >= 0.6 is 11.6 Å². The maximum absolute atomic E-state index is 11.5. The lowest BCUT2D eigenvalue weighted by Crippen LogP contribution is -2.35. The SMILES string of the molecule is C#CCNC(=O)COc1ccc(Cl)cc1CNC(C)(C)C. The maximum Gasteiger partial charge on any atom is 0.258 e. The standard InChI is InChI=1S/C16H21ClN2O2/c1-5-8-18-15(20)11-21-14-7-6-13(17)9-12(14)10-19-16(2,3)4/h1,6-7,9,19H,8,10-11H2,2-4H3,(H,18,20). The minimum Gasteiger partial charge on any atom is -0.483 e. The van der Waals surface area contributed by atoms with Crippen LogP contribution in [0.5, 0.6) is 5.75 Å². The molecule has 0 aromatic heterocycles. The summed E-state index contributed by atoms with van der Waals surface area (Å²) in [6.45, 7) is 6.94. The third-order valence-electron chi connectivity index (χ3n) is 2.58. The molecule has 0 aliphatic carbocycles. The summed E-state index contributed by atoms with van der Waals surface area (Å²) < 4.78 is 5.54. The van der Waals surface area contributed by atoms with E-state index in [2.05, 4.69) is 37.3 Å². The number of benzene rings is 1. The van der Waals surface area contributed by atoms with Crippen molar-refractivity contribution >= 4 is 17.5 Å². The molecule has 2 N–H and O–H groups in total. The molecule has 0 unspecified atom stereocenters. The molecule has 0 heterocycles. The summed E-state index contributed by atoms with van der Waals surface area (Å²) in [4.78, 5) is 11.5. The molecule has 4 nitrogen and oxygen atoms in total. The Labute approximate surface area is 131 Å². The summed E-state index contributed by atoms with van der Waals surface area (Å²) in [5, 5.41) is 6.54. The molecule has 1 amide bonds. The first-order chi connectivity index (χ1) is 9.81. The third-order valence-corrected chi connectivity index (χ3v) is 2.81. The van der Waals surface area contributed by atoms with Gasteiger partial charge in [0.1, 0.15) is 5.75 Å². The van der Waals surface area contributed by atoms with E-state index < -0.39 is 0 Å². The topological polar surface area (TPSA) is 50.4 Å². The van der Waals surface area contributed by atoms with Crippen molar-refractivity contribution in [1.29, 1.82) is 0 Å². The number of terminal acetylenes is 1. The van der Waals surface area contributed by atoms with Gasteiger partial charge in [-0.1, -0.05) is 17.5 Å². The van der Waals surface area contributed by atoms with Crippen molar-refractivity contribution in [2.75, 3.05) is 13.2 Å². The minimum absolute atomic E-state index is 0.0240. The minimum atomic E-state index is -0.252. The molecule has 0 fully saturated rings. The molecule has 1 rings (SSSR count). The van der Waals surface area contributed by atoms with Crippen LogP contribution in [0, 0.1) is 12.3 Å². The third kappa shape index (κ3) is 7.03. The molecule has 1 aromatic carbocycles. The quantitative estimate of drug-likeness (QED) is 0.793. The lowest BCUT2D eigenvalue weighted by Gasteiger charge is -2.21. The average molecular weight is 309 g/mol. The fourth-order valence-corrected chi connectivity index (χ4v) is 1.73. The zero-order valence-electron chi connectivity index (χ0n) is 12.6. The van der Waals surface area contributed by atoms with Gasteiger partial charge in [0.15, 0.2) is 6.61 Å². The number of amides is 1. The van der Waals surface area contributed by atoms with Crippen molar-refractivity contribution in [2.45, 2.75) is 32.9 Å². The molecule has 0 radical (unpaired) electrons. The van der Waals surface area contributed by atoms with E-state index in [0.717, 1.165) is 5.56 Å². The Bertz CT molecular complexity index is 530. The summed E-state index contributed by atoms with van der Waals surface area (Å²) in [6.07, 6.45) is 5.08. The average Bonchev–Trinajstić information content (AvgIpc) is 2.41. The van der Waals surface area contributed by atoms with Crippen LogP contribution < -0.4 is 15.4 Å². The first-order valence-electron chi connectivity index (χ1n) is 6.68. The molecular formula is C16H21ClN2O2. The van der Waals surface area contributed by atoms with Crippen molar-refractivity contribution in [3.8, 4) is 18.1 Å². The Kier molecular flexibility index (Phi) is 6.54. The molecule has 0 atom stereocenters. The molecule has 0 saturated carbocycles. The Balaban J connectivity index is 2.68. The fraction of sp³-hybridized carbons (Fsp3) is 0.438. The fourth-order valence-electron chi connectivity index (χ4n) is 1.53. The van der Waals surface area contributed by atoms with Crippen LogP contribution in [-0.2, 0) is 11.3 Å². The number of hydrogen-bond acceptors (Lipinski definition) is 3. The van der Waals surface area contributed by atoms with Gasteiger partial charge in [0, 0.05) is 22.7 Å². The van der Waals surface area contributed by atoms with Crippen LogP contribution in [-0.4, -0.2) is 24.6 Å². The monoisotopic (exact) mass is 308 g/mol. The van der Waals surface area contributed by atoms with Crippen molar-refractivity contribution in [3.63, 3.8) is 0 Å². The van der Waals surface area contributed by atoms with Crippen molar-refractivity contribution in [1.82, 2.24) is 10.6 Å². The van der Waals surface area contributed by atoms with E-state index in [4.69, 9.17) is 22.8 Å². The Morgan fingerprint density at radius 1 is 1.43 bits per heavy atom. The number of ether oxygens (including phenoxy) is 1. The zero-order chi connectivity index (χ0) is 15.9. The van der Waals surface area contributed by atoms with E-state index in [1.54, 1.807) is 12.1 Å². The van der Waals surface area contributed by atoms with E-state index >= 15 is 0 Å². The summed E-state index contributed by atoms with van der Waals surface area (Å²) in [5.74, 6) is 2.72. The number of halogens is 1. The summed E-state index contributed by atoms with van der Waals surface area (Å²) >= 11 is 6.01. The van der Waals surface area contributed by atoms with Crippen molar-refractivity contribution in [3.05, 3.63) is 28.8 Å². The van der Waals surface area contributed by atoms with Crippen LogP contribution in [0.4, 0.5) is 0 Å². The van der Waals surface area contributed by atoms with Gasteiger partial charge >= 0.3 is 0 Å². The van der Waals surface area contributed by atoms with Crippen LogP contribution in [0.2, 0.25) is 5.02 Å². The largest absolute Gasteiger partial charge is 0.483 e. The summed E-state index contributed by atoms with van der Waals surface area (Å²) in [5.41, 5.74) is 0.881. The van der Waals surface area contributed by atoms with Gasteiger partial charge in [-0.25, -0.2) is 0 Å². The van der Waals surface area contributed by atoms with Crippen LogP contribution in [0.3, 0.4) is 0 Å². The van der Waals surface area contributed by atoms with Gasteiger partial charge in [-0.3, -0.25) is 4.79 Å².